The second-order valence-corrected chi connectivity index (χ2v) is 8.54. The van der Waals surface area contributed by atoms with Gasteiger partial charge in [-0.3, -0.25) is 9.36 Å². The van der Waals surface area contributed by atoms with Gasteiger partial charge in [0, 0.05) is 11.3 Å². The number of nitrogens with zero attached hydrogens (tertiary/aromatic N) is 4. The number of thioether (sulfide) groups is 1. The zero-order valence-corrected chi connectivity index (χ0v) is 20.8. The summed E-state index contributed by atoms with van der Waals surface area (Å²) in [5.74, 6) is 1.50. The number of carbonyl (C=O) groups is 1. The maximum Gasteiger partial charge on any atom is 0.250 e. The first-order chi connectivity index (χ1) is 17.5. The molecule has 184 valence electrons. The van der Waals surface area contributed by atoms with Crippen molar-refractivity contribution in [2.24, 2.45) is 5.10 Å². The Kier molecular flexibility index (Phi) is 7.96. The Bertz CT molecular complexity index is 1350. The minimum atomic E-state index is -0.332. The maximum atomic E-state index is 13.1. The molecule has 0 aliphatic rings. The Morgan fingerprint density at radius 3 is 2.17 bits per heavy atom. The van der Waals surface area contributed by atoms with Gasteiger partial charge in [-0.2, -0.15) is 5.10 Å². The summed E-state index contributed by atoms with van der Waals surface area (Å²) in [5, 5.41) is 13.4. The fourth-order valence-corrected chi connectivity index (χ4v) is 4.06. The molecule has 1 heterocycles. The molecule has 0 saturated heterocycles. The van der Waals surface area contributed by atoms with Gasteiger partial charge >= 0.3 is 0 Å². The van der Waals surface area contributed by atoms with E-state index in [9.17, 15) is 9.18 Å². The molecular weight excluding hydrogens is 481 g/mol. The molecule has 1 aromatic heterocycles. The van der Waals surface area contributed by atoms with Crippen LogP contribution in [-0.4, -0.2) is 46.4 Å². The van der Waals surface area contributed by atoms with Crippen molar-refractivity contribution in [3.05, 3.63) is 84.2 Å². The van der Waals surface area contributed by atoms with Crippen LogP contribution in [0.25, 0.3) is 17.1 Å². The lowest BCUT2D eigenvalue weighted by Gasteiger charge is -2.11. The summed E-state index contributed by atoms with van der Waals surface area (Å²) >= 11 is 1.24. The Morgan fingerprint density at radius 1 is 0.944 bits per heavy atom. The number of methoxy groups -OCH3 is 2. The second kappa shape index (κ2) is 11.5. The van der Waals surface area contributed by atoms with Gasteiger partial charge in [0.1, 0.15) is 17.3 Å². The van der Waals surface area contributed by atoms with Gasteiger partial charge in [0.05, 0.1) is 25.7 Å². The number of nitrogens with one attached hydrogen (secondary N) is 1. The zero-order valence-electron chi connectivity index (χ0n) is 19.9. The van der Waals surface area contributed by atoms with Crippen molar-refractivity contribution in [1.29, 1.82) is 0 Å². The fraction of sp³-hybridized carbons (Fsp3) is 0.154. The number of aromatic nitrogens is 3. The smallest absolute Gasteiger partial charge is 0.250 e. The first-order valence-electron chi connectivity index (χ1n) is 10.9. The molecule has 0 unspecified atom stereocenters. The summed E-state index contributed by atoms with van der Waals surface area (Å²) in [5.41, 5.74) is 5.48. The average molecular weight is 506 g/mol. The molecule has 0 spiro atoms. The Labute approximate surface area is 212 Å². The third-order valence-corrected chi connectivity index (χ3v) is 6.18. The molecule has 0 aliphatic carbocycles. The van der Waals surface area contributed by atoms with Crippen molar-refractivity contribution in [2.45, 2.75) is 12.1 Å². The number of rotatable bonds is 9. The average Bonchev–Trinajstić information content (AvgIpc) is 3.35. The number of hydrogen-bond donors (Lipinski definition) is 1. The number of amides is 1. The molecule has 0 atom stereocenters. The SMILES string of the molecule is COc1ccc(-c2nnc(SCC(=O)N/N=C(/C)c3ccc(F)cc3)n2-c2ccc(OC)cc2)cc1. The van der Waals surface area contributed by atoms with Crippen LogP contribution in [0.1, 0.15) is 12.5 Å². The predicted octanol–water partition coefficient (Wildman–Crippen LogP) is 4.72. The van der Waals surface area contributed by atoms with Crippen molar-refractivity contribution >= 4 is 23.4 Å². The Balaban J connectivity index is 1.54. The number of hydrazone groups is 1. The van der Waals surface area contributed by atoms with Crippen LogP contribution in [-0.2, 0) is 4.79 Å². The van der Waals surface area contributed by atoms with Crippen LogP contribution in [0, 0.1) is 5.82 Å². The van der Waals surface area contributed by atoms with E-state index >= 15 is 0 Å². The van der Waals surface area contributed by atoms with Crippen LogP contribution in [0.4, 0.5) is 4.39 Å². The largest absolute Gasteiger partial charge is 0.497 e. The summed E-state index contributed by atoms with van der Waals surface area (Å²) in [6.07, 6.45) is 0. The van der Waals surface area contributed by atoms with E-state index < -0.39 is 0 Å². The monoisotopic (exact) mass is 505 g/mol. The molecular formula is C26H24FN5O3S. The van der Waals surface area contributed by atoms with Gasteiger partial charge in [-0.25, -0.2) is 9.82 Å². The number of benzene rings is 3. The van der Waals surface area contributed by atoms with Crippen molar-refractivity contribution < 1.29 is 18.7 Å². The lowest BCUT2D eigenvalue weighted by atomic mass is 10.1. The summed E-state index contributed by atoms with van der Waals surface area (Å²) in [4.78, 5) is 12.5. The summed E-state index contributed by atoms with van der Waals surface area (Å²) in [6, 6.07) is 20.9. The highest BCUT2D eigenvalue weighted by Crippen LogP contribution is 2.29. The van der Waals surface area contributed by atoms with Gasteiger partial charge in [0.2, 0.25) is 0 Å². The predicted molar refractivity (Wildman–Crippen MR) is 137 cm³/mol. The molecule has 8 nitrogen and oxygen atoms in total. The molecule has 4 aromatic rings. The van der Waals surface area contributed by atoms with E-state index in [1.54, 1.807) is 33.3 Å². The molecule has 1 amide bonds. The van der Waals surface area contributed by atoms with Crippen LogP contribution in [0.3, 0.4) is 0 Å². The van der Waals surface area contributed by atoms with Crippen molar-refractivity contribution in [3.8, 4) is 28.6 Å². The molecule has 36 heavy (non-hydrogen) atoms. The van der Waals surface area contributed by atoms with Crippen molar-refractivity contribution in [2.75, 3.05) is 20.0 Å². The minimum absolute atomic E-state index is 0.0666. The van der Waals surface area contributed by atoms with E-state index in [-0.39, 0.29) is 17.5 Å². The third-order valence-electron chi connectivity index (χ3n) is 5.25. The number of ether oxygens (including phenoxy) is 2. The van der Waals surface area contributed by atoms with Crippen LogP contribution >= 0.6 is 11.8 Å². The fourth-order valence-electron chi connectivity index (χ4n) is 3.32. The van der Waals surface area contributed by atoms with Crippen LogP contribution in [0.15, 0.2) is 83.1 Å². The van der Waals surface area contributed by atoms with E-state index in [1.807, 2.05) is 53.1 Å². The molecule has 0 radical (unpaired) electrons. The van der Waals surface area contributed by atoms with Gasteiger partial charge in [0.15, 0.2) is 11.0 Å². The van der Waals surface area contributed by atoms with Crippen LogP contribution in [0.5, 0.6) is 11.5 Å². The first kappa shape index (κ1) is 24.9. The standard InChI is InChI=1S/C26H24FN5O3S/c1-17(18-4-8-20(27)9-5-18)28-29-24(33)16-36-26-31-30-25(19-6-12-22(34-2)13-7-19)32(26)21-10-14-23(35-3)15-11-21/h4-15H,16H2,1-3H3,(H,29,33)/b28-17-. The van der Waals surface area contributed by atoms with Crippen LogP contribution in [0.2, 0.25) is 0 Å². The summed E-state index contributed by atoms with van der Waals surface area (Å²) in [6.45, 7) is 1.74. The third kappa shape index (κ3) is 5.89. The number of halogens is 1. The van der Waals surface area contributed by atoms with E-state index in [0.717, 1.165) is 22.7 Å². The molecule has 0 aliphatic heterocycles. The quantitative estimate of drug-likeness (QED) is 0.201. The van der Waals surface area contributed by atoms with Crippen LogP contribution < -0.4 is 14.9 Å². The molecule has 1 N–H and O–H groups in total. The zero-order chi connectivity index (χ0) is 25.5. The molecule has 4 rings (SSSR count). The van der Waals surface area contributed by atoms with E-state index in [0.29, 0.717) is 22.3 Å². The highest BCUT2D eigenvalue weighted by molar-refractivity contribution is 7.99. The Hall–Kier alpha value is -4.18. The maximum absolute atomic E-state index is 13.1. The summed E-state index contributed by atoms with van der Waals surface area (Å²) in [7, 11) is 3.22. The van der Waals surface area contributed by atoms with Crippen molar-refractivity contribution in [3.63, 3.8) is 0 Å². The van der Waals surface area contributed by atoms with E-state index in [4.69, 9.17) is 9.47 Å². The van der Waals surface area contributed by atoms with Gasteiger partial charge in [0.25, 0.3) is 5.91 Å². The molecule has 0 saturated carbocycles. The molecule has 0 fully saturated rings. The molecule has 10 heteroatoms. The number of hydrogen-bond acceptors (Lipinski definition) is 7. The van der Waals surface area contributed by atoms with Crippen molar-refractivity contribution in [1.82, 2.24) is 20.2 Å². The summed E-state index contributed by atoms with van der Waals surface area (Å²) < 4.78 is 25.5. The second-order valence-electron chi connectivity index (χ2n) is 7.60. The van der Waals surface area contributed by atoms with E-state index in [2.05, 4.69) is 20.7 Å². The van der Waals surface area contributed by atoms with Gasteiger partial charge in [-0.15, -0.1) is 10.2 Å². The Morgan fingerprint density at radius 2 is 1.56 bits per heavy atom. The normalized spacial score (nSPS) is 11.3. The molecule has 0 bridgehead atoms. The molecule has 3 aromatic carbocycles. The van der Waals surface area contributed by atoms with E-state index in [1.165, 1.54) is 23.9 Å². The van der Waals surface area contributed by atoms with Gasteiger partial charge in [-0.1, -0.05) is 23.9 Å². The minimum Gasteiger partial charge on any atom is -0.497 e. The van der Waals surface area contributed by atoms with Gasteiger partial charge in [-0.05, 0) is 73.2 Å². The highest BCUT2D eigenvalue weighted by Gasteiger charge is 2.18. The number of carbonyl (C=O) groups excluding carboxylic acids is 1. The van der Waals surface area contributed by atoms with Gasteiger partial charge < -0.3 is 9.47 Å². The lowest BCUT2D eigenvalue weighted by Crippen LogP contribution is -2.21. The highest BCUT2D eigenvalue weighted by atomic mass is 32.2. The topological polar surface area (TPSA) is 90.6 Å². The lowest BCUT2D eigenvalue weighted by molar-refractivity contribution is -0.118. The first-order valence-corrected chi connectivity index (χ1v) is 11.9.